The second-order valence-electron chi connectivity index (χ2n) is 4.83. The summed E-state index contributed by atoms with van der Waals surface area (Å²) in [4.78, 5) is 17.2. The average molecular weight is 345 g/mol. The molecule has 118 valence electrons. The van der Waals surface area contributed by atoms with E-state index < -0.39 is 5.91 Å². The Bertz CT molecular complexity index is 906. The maximum Gasteiger partial charge on any atom is 0.260 e. The van der Waals surface area contributed by atoms with Crippen molar-refractivity contribution in [2.24, 2.45) is 5.73 Å². The molecule has 0 unspecified atom stereocenters. The van der Waals surface area contributed by atoms with Crippen LogP contribution in [0.25, 0.3) is 21.3 Å². The number of aromatic nitrogens is 1. The number of anilines is 1. The number of nitrogens with two attached hydrogens (primary N) is 2. The van der Waals surface area contributed by atoms with Gasteiger partial charge in [-0.05, 0) is 35.6 Å². The van der Waals surface area contributed by atoms with Crippen molar-refractivity contribution in [2.45, 2.75) is 5.03 Å². The lowest BCUT2D eigenvalue weighted by Gasteiger charge is -2.08. The number of carbonyl (C=O) groups excluding carboxylic acids is 1. The highest BCUT2D eigenvalue weighted by Gasteiger charge is 2.19. The van der Waals surface area contributed by atoms with E-state index in [9.17, 15) is 4.79 Å². The number of fused-ring (bicyclic) bond motifs is 1. The van der Waals surface area contributed by atoms with Gasteiger partial charge in [0.15, 0.2) is 0 Å². The quantitative estimate of drug-likeness (QED) is 0.707. The molecule has 0 atom stereocenters. The second-order valence-corrected chi connectivity index (χ2v) is 6.66. The van der Waals surface area contributed by atoms with E-state index in [-0.39, 0.29) is 0 Å². The van der Waals surface area contributed by atoms with Crippen LogP contribution in [0.5, 0.6) is 5.75 Å². The number of pyridine rings is 1. The molecule has 1 aromatic carbocycles. The molecule has 7 heteroatoms. The standard InChI is InChI=1S/C16H15N3O2S2/c1-21-9-5-3-4-8(6-9)10-7-11(22-2)19-16-12(10)13(17)14(23-16)15(18)20/h3-7H,17H2,1-2H3,(H2,18,20). The van der Waals surface area contributed by atoms with E-state index in [1.165, 1.54) is 23.1 Å². The lowest BCUT2D eigenvalue weighted by Crippen LogP contribution is -2.10. The summed E-state index contributed by atoms with van der Waals surface area (Å²) >= 11 is 2.76. The molecule has 2 aromatic heterocycles. The monoisotopic (exact) mass is 345 g/mol. The zero-order valence-corrected chi connectivity index (χ0v) is 14.3. The van der Waals surface area contributed by atoms with Gasteiger partial charge in [-0.25, -0.2) is 4.98 Å². The number of ether oxygens (including phenoxy) is 1. The van der Waals surface area contributed by atoms with Gasteiger partial charge in [-0.2, -0.15) is 0 Å². The molecule has 2 heterocycles. The molecule has 0 aliphatic carbocycles. The topological polar surface area (TPSA) is 91.2 Å². The van der Waals surface area contributed by atoms with Gasteiger partial charge in [-0.15, -0.1) is 23.1 Å². The van der Waals surface area contributed by atoms with E-state index in [2.05, 4.69) is 4.98 Å². The van der Waals surface area contributed by atoms with Crippen LogP contribution in [0, 0.1) is 0 Å². The van der Waals surface area contributed by atoms with Crippen LogP contribution in [0.3, 0.4) is 0 Å². The fraction of sp³-hybridized carbons (Fsp3) is 0.125. The Hall–Kier alpha value is -2.25. The number of hydrogen-bond acceptors (Lipinski definition) is 6. The summed E-state index contributed by atoms with van der Waals surface area (Å²) in [6, 6.07) is 9.66. The second kappa shape index (κ2) is 6.10. The van der Waals surface area contributed by atoms with Crippen molar-refractivity contribution in [1.29, 1.82) is 0 Å². The molecular formula is C16H15N3O2S2. The van der Waals surface area contributed by atoms with E-state index in [1.807, 2.05) is 36.6 Å². The van der Waals surface area contributed by atoms with Gasteiger partial charge in [-0.1, -0.05) is 12.1 Å². The van der Waals surface area contributed by atoms with Gasteiger partial charge in [0, 0.05) is 5.39 Å². The van der Waals surface area contributed by atoms with Crippen molar-refractivity contribution in [1.82, 2.24) is 4.98 Å². The number of primary amides is 1. The van der Waals surface area contributed by atoms with E-state index in [0.717, 1.165) is 27.3 Å². The molecule has 3 rings (SSSR count). The van der Waals surface area contributed by atoms with Gasteiger partial charge in [0.2, 0.25) is 0 Å². The molecule has 3 aromatic rings. The molecule has 5 nitrogen and oxygen atoms in total. The minimum atomic E-state index is -0.534. The van der Waals surface area contributed by atoms with E-state index in [1.54, 1.807) is 7.11 Å². The number of benzene rings is 1. The fourth-order valence-electron chi connectivity index (χ4n) is 2.40. The van der Waals surface area contributed by atoms with Crippen LogP contribution < -0.4 is 16.2 Å². The average Bonchev–Trinajstić information content (AvgIpc) is 2.91. The van der Waals surface area contributed by atoms with Crippen LogP contribution in [-0.2, 0) is 0 Å². The molecule has 0 aliphatic heterocycles. The van der Waals surface area contributed by atoms with Gasteiger partial charge in [-0.3, -0.25) is 4.79 Å². The Balaban J connectivity index is 2.35. The first-order chi connectivity index (χ1) is 11.0. The third-order valence-electron chi connectivity index (χ3n) is 3.49. The molecule has 0 radical (unpaired) electrons. The third-order valence-corrected chi connectivity index (χ3v) is 5.23. The lowest BCUT2D eigenvalue weighted by molar-refractivity contribution is 0.100. The van der Waals surface area contributed by atoms with Gasteiger partial charge in [0.1, 0.15) is 15.5 Å². The Morgan fingerprint density at radius 1 is 1.35 bits per heavy atom. The fourth-order valence-corrected chi connectivity index (χ4v) is 3.85. The van der Waals surface area contributed by atoms with Gasteiger partial charge in [0.25, 0.3) is 5.91 Å². The normalized spacial score (nSPS) is 10.9. The highest BCUT2D eigenvalue weighted by molar-refractivity contribution is 7.98. The molecule has 0 saturated heterocycles. The molecule has 0 bridgehead atoms. The minimum Gasteiger partial charge on any atom is -0.497 e. The Kier molecular flexibility index (Phi) is 4.14. The molecule has 0 aliphatic rings. The number of carbonyl (C=O) groups is 1. The SMILES string of the molecule is COc1cccc(-c2cc(SC)nc3sc(C(N)=O)c(N)c23)c1. The highest BCUT2D eigenvalue weighted by Crippen LogP contribution is 2.41. The van der Waals surface area contributed by atoms with Crippen molar-refractivity contribution < 1.29 is 9.53 Å². The third kappa shape index (κ3) is 2.73. The Morgan fingerprint density at radius 2 is 2.13 bits per heavy atom. The summed E-state index contributed by atoms with van der Waals surface area (Å²) in [6.07, 6.45) is 1.95. The molecular weight excluding hydrogens is 330 g/mol. The number of amides is 1. The van der Waals surface area contributed by atoms with Crippen LogP contribution in [0.4, 0.5) is 5.69 Å². The molecule has 0 spiro atoms. The van der Waals surface area contributed by atoms with E-state index >= 15 is 0 Å². The largest absolute Gasteiger partial charge is 0.497 e. The number of nitrogens with zero attached hydrogens (tertiary/aromatic N) is 1. The van der Waals surface area contributed by atoms with Gasteiger partial charge >= 0.3 is 0 Å². The molecule has 23 heavy (non-hydrogen) atoms. The van der Waals surface area contributed by atoms with Crippen molar-refractivity contribution in [3.63, 3.8) is 0 Å². The molecule has 0 saturated carbocycles. The molecule has 0 fully saturated rings. The Morgan fingerprint density at radius 3 is 2.78 bits per heavy atom. The number of methoxy groups -OCH3 is 1. The smallest absolute Gasteiger partial charge is 0.260 e. The summed E-state index contributed by atoms with van der Waals surface area (Å²) < 4.78 is 5.30. The zero-order valence-electron chi connectivity index (χ0n) is 12.6. The minimum absolute atomic E-state index is 0.342. The van der Waals surface area contributed by atoms with Crippen molar-refractivity contribution in [2.75, 3.05) is 19.1 Å². The lowest BCUT2D eigenvalue weighted by atomic mass is 10.0. The predicted molar refractivity (Wildman–Crippen MR) is 96.3 cm³/mol. The number of nitrogen functional groups attached to an aromatic ring is 1. The summed E-state index contributed by atoms with van der Waals surface area (Å²) in [5.74, 6) is 0.217. The summed E-state index contributed by atoms with van der Waals surface area (Å²) in [5.41, 5.74) is 13.8. The number of hydrogen-bond donors (Lipinski definition) is 2. The van der Waals surface area contributed by atoms with Crippen molar-refractivity contribution in [3.05, 3.63) is 35.2 Å². The Labute approximate surface area is 141 Å². The first kappa shape index (κ1) is 15.6. The number of rotatable bonds is 4. The van der Waals surface area contributed by atoms with Crippen LogP contribution in [-0.4, -0.2) is 24.3 Å². The number of thioether (sulfide) groups is 1. The zero-order chi connectivity index (χ0) is 16.6. The van der Waals surface area contributed by atoms with E-state index in [4.69, 9.17) is 16.2 Å². The van der Waals surface area contributed by atoms with Crippen LogP contribution in [0.1, 0.15) is 9.67 Å². The van der Waals surface area contributed by atoms with Crippen molar-refractivity contribution in [3.8, 4) is 16.9 Å². The molecule has 1 amide bonds. The first-order valence-electron chi connectivity index (χ1n) is 6.76. The maximum absolute atomic E-state index is 11.6. The van der Waals surface area contributed by atoms with Crippen LogP contribution >= 0.6 is 23.1 Å². The molecule has 4 N–H and O–H groups in total. The maximum atomic E-state index is 11.6. The summed E-state index contributed by atoms with van der Waals surface area (Å²) in [7, 11) is 1.62. The predicted octanol–water partition coefficient (Wildman–Crippen LogP) is 3.37. The number of thiophene rings is 1. The van der Waals surface area contributed by atoms with E-state index in [0.29, 0.717) is 15.4 Å². The van der Waals surface area contributed by atoms with Gasteiger partial charge in [0.05, 0.1) is 17.8 Å². The van der Waals surface area contributed by atoms with Crippen LogP contribution in [0.2, 0.25) is 0 Å². The van der Waals surface area contributed by atoms with Crippen molar-refractivity contribution >= 4 is 44.9 Å². The summed E-state index contributed by atoms with van der Waals surface area (Å²) in [6.45, 7) is 0. The highest BCUT2D eigenvalue weighted by atomic mass is 32.2. The van der Waals surface area contributed by atoms with Crippen LogP contribution in [0.15, 0.2) is 35.4 Å². The first-order valence-corrected chi connectivity index (χ1v) is 8.80. The summed E-state index contributed by atoms with van der Waals surface area (Å²) in [5, 5.41) is 1.61. The van der Waals surface area contributed by atoms with Gasteiger partial charge < -0.3 is 16.2 Å².